The quantitative estimate of drug-likeness (QED) is 0.617. The van der Waals surface area contributed by atoms with E-state index in [0.717, 1.165) is 17.5 Å². The third kappa shape index (κ3) is 4.45. The molecular formula is C21H19Cl2N3O3. The van der Waals surface area contributed by atoms with E-state index in [9.17, 15) is 9.59 Å². The molecular weight excluding hydrogens is 413 g/mol. The molecule has 0 bridgehead atoms. The summed E-state index contributed by atoms with van der Waals surface area (Å²) < 4.78 is 8.20. The summed E-state index contributed by atoms with van der Waals surface area (Å²) in [4.78, 5) is 26.1. The SMILES string of the molecule is O=c1c(C2CCCO2)nn(Cc2ccc(Cl)cc2)c(=O)n1Cc1ccc(Cl)cc1. The highest BCUT2D eigenvalue weighted by Gasteiger charge is 2.25. The molecule has 0 saturated carbocycles. The molecule has 0 N–H and O–H groups in total. The van der Waals surface area contributed by atoms with E-state index in [1.165, 1.54) is 9.25 Å². The van der Waals surface area contributed by atoms with Crippen molar-refractivity contribution in [3.05, 3.63) is 96.2 Å². The van der Waals surface area contributed by atoms with Crippen molar-refractivity contribution in [3.63, 3.8) is 0 Å². The summed E-state index contributed by atoms with van der Waals surface area (Å²) in [5.74, 6) is 0. The number of benzene rings is 2. The Morgan fingerprint density at radius 2 is 1.52 bits per heavy atom. The summed E-state index contributed by atoms with van der Waals surface area (Å²) in [6.45, 7) is 0.952. The van der Waals surface area contributed by atoms with Crippen LogP contribution in [0.5, 0.6) is 0 Å². The predicted molar refractivity (Wildman–Crippen MR) is 112 cm³/mol. The molecule has 0 amide bonds. The lowest BCUT2D eigenvalue weighted by Gasteiger charge is -2.15. The van der Waals surface area contributed by atoms with E-state index < -0.39 is 17.4 Å². The maximum Gasteiger partial charge on any atom is 0.348 e. The zero-order chi connectivity index (χ0) is 20.4. The fourth-order valence-corrected chi connectivity index (χ4v) is 3.61. The van der Waals surface area contributed by atoms with E-state index in [-0.39, 0.29) is 18.8 Å². The molecule has 0 aliphatic carbocycles. The molecule has 1 aliphatic rings. The Hall–Kier alpha value is -2.41. The Kier molecular flexibility index (Phi) is 5.85. The number of aromatic nitrogens is 3. The Morgan fingerprint density at radius 1 is 0.931 bits per heavy atom. The zero-order valence-corrected chi connectivity index (χ0v) is 17.1. The Bertz CT molecular complexity index is 1120. The summed E-state index contributed by atoms with van der Waals surface area (Å²) in [6.07, 6.45) is 1.18. The van der Waals surface area contributed by atoms with Crippen LogP contribution in [0, 0.1) is 0 Å². The molecule has 1 unspecified atom stereocenters. The molecule has 0 spiro atoms. The molecule has 1 atom stereocenters. The standard InChI is InChI=1S/C21H19Cl2N3O3/c22-16-7-3-14(4-8-16)12-25-20(27)19(18-2-1-11-29-18)24-26(21(25)28)13-15-5-9-17(23)10-6-15/h3-10,18H,1-2,11-13H2. The van der Waals surface area contributed by atoms with Crippen molar-refractivity contribution in [2.75, 3.05) is 6.61 Å². The lowest BCUT2D eigenvalue weighted by atomic mass is 10.2. The number of rotatable bonds is 5. The van der Waals surface area contributed by atoms with E-state index in [1.54, 1.807) is 36.4 Å². The van der Waals surface area contributed by atoms with Gasteiger partial charge in [0.2, 0.25) is 0 Å². The van der Waals surface area contributed by atoms with E-state index >= 15 is 0 Å². The van der Waals surface area contributed by atoms with Crippen LogP contribution in [-0.4, -0.2) is 21.0 Å². The van der Waals surface area contributed by atoms with Crippen LogP contribution in [0.25, 0.3) is 0 Å². The van der Waals surface area contributed by atoms with Crippen molar-refractivity contribution in [3.8, 4) is 0 Å². The zero-order valence-electron chi connectivity index (χ0n) is 15.6. The van der Waals surface area contributed by atoms with Crippen molar-refractivity contribution in [1.29, 1.82) is 0 Å². The van der Waals surface area contributed by atoms with E-state index in [1.807, 2.05) is 12.1 Å². The van der Waals surface area contributed by atoms with Crippen LogP contribution in [-0.2, 0) is 17.8 Å². The second kappa shape index (κ2) is 8.53. The van der Waals surface area contributed by atoms with Gasteiger partial charge in [-0.2, -0.15) is 5.10 Å². The molecule has 29 heavy (non-hydrogen) atoms. The van der Waals surface area contributed by atoms with Crippen LogP contribution < -0.4 is 11.2 Å². The highest BCUT2D eigenvalue weighted by molar-refractivity contribution is 6.30. The molecule has 1 aliphatic heterocycles. The van der Waals surface area contributed by atoms with Gasteiger partial charge >= 0.3 is 5.69 Å². The summed E-state index contributed by atoms with van der Waals surface area (Å²) >= 11 is 11.9. The largest absolute Gasteiger partial charge is 0.372 e. The van der Waals surface area contributed by atoms with Gasteiger partial charge in [-0.25, -0.2) is 9.48 Å². The number of nitrogens with zero attached hydrogens (tertiary/aromatic N) is 3. The highest BCUT2D eigenvalue weighted by Crippen LogP contribution is 2.24. The van der Waals surface area contributed by atoms with Crippen LogP contribution in [0.2, 0.25) is 10.0 Å². The summed E-state index contributed by atoms with van der Waals surface area (Å²) in [7, 11) is 0. The highest BCUT2D eigenvalue weighted by atomic mass is 35.5. The predicted octanol–water partition coefficient (Wildman–Crippen LogP) is 3.66. The van der Waals surface area contributed by atoms with Crippen LogP contribution >= 0.6 is 23.2 Å². The molecule has 6 nitrogen and oxygen atoms in total. The van der Waals surface area contributed by atoms with Crippen LogP contribution in [0.4, 0.5) is 0 Å². The second-order valence-corrected chi connectivity index (χ2v) is 7.84. The van der Waals surface area contributed by atoms with Gasteiger partial charge in [0.25, 0.3) is 5.56 Å². The van der Waals surface area contributed by atoms with Crippen LogP contribution in [0.15, 0.2) is 58.1 Å². The molecule has 150 valence electrons. The second-order valence-electron chi connectivity index (χ2n) is 6.97. The van der Waals surface area contributed by atoms with E-state index in [4.69, 9.17) is 27.9 Å². The molecule has 1 aromatic heterocycles. The Labute approximate surface area is 177 Å². The van der Waals surface area contributed by atoms with E-state index in [2.05, 4.69) is 5.10 Å². The van der Waals surface area contributed by atoms with Crippen molar-refractivity contribution in [2.45, 2.75) is 32.0 Å². The van der Waals surface area contributed by atoms with Crippen molar-refractivity contribution in [2.24, 2.45) is 0 Å². The van der Waals surface area contributed by atoms with Gasteiger partial charge in [0.15, 0.2) is 5.69 Å². The third-order valence-electron chi connectivity index (χ3n) is 4.88. The molecule has 1 saturated heterocycles. The van der Waals surface area contributed by atoms with Crippen molar-refractivity contribution < 1.29 is 4.74 Å². The molecule has 2 heterocycles. The Balaban J connectivity index is 1.78. The van der Waals surface area contributed by atoms with Gasteiger partial charge in [-0.15, -0.1) is 0 Å². The number of halogens is 2. The number of hydrogen-bond acceptors (Lipinski definition) is 4. The summed E-state index contributed by atoms with van der Waals surface area (Å²) in [5, 5.41) is 5.59. The summed E-state index contributed by atoms with van der Waals surface area (Å²) in [5.41, 5.74) is 1.05. The monoisotopic (exact) mass is 431 g/mol. The van der Waals surface area contributed by atoms with Gasteiger partial charge in [-0.1, -0.05) is 47.5 Å². The van der Waals surface area contributed by atoms with Gasteiger partial charge in [0.1, 0.15) is 6.10 Å². The minimum atomic E-state index is -0.471. The molecule has 4 rings (SSSR count). The maximum absolute atomic E-state index is 13.1. The first kappa shape index (κ1) is 19.9. The number of hydrogen-bond donors (Lipinski definition) is 0. The molecule has 8 heteroatoms. The average molecular weight is 432 g/mol. The number of ether oxygens (including phenoxy) is 1. The fraction of sp³-hybridized carbons (Fsp3) is 0.286. The first-order valence-electron chi connectivity index (χ1n) is 9.33. The van der Waals surface area contributed by atoms with Crippen molar-refractivity contribution in [1.82, 2.24) is 14.3 Å². The Morgan fingerprint density at radius 3 is 2.07 bits per heavy atom. The van der Waals surface area contributed by atoms with Gasteiger partial charge in [0, 0.05) is 16.7 Å². The minimum Gasteiger partial charge on any atom is -0.372 e. The third-order valence-corrected chi connectivity index (χ3v) is 5.38. The van der Waals surface area contributed by atoms with Crippen molar-refractivity contribution >= 4 is 23.2 Å². The van der Waals surface area contributed by atoms with Crippen LogP contribution in [0.3, 0.4) is 0 Å². The first-order valence-corrected chi connectivity index (χ1v) is 10.1. The van der Waals surface area contributed by atoms with Gasteiger partial charge in [-0.05, 0) is 48.2 Å². The van der Waals surface area contributed by atoms with Gasteiger partial charge < -0.3 is 4.74 Å². The topological polar surface area (TPSA) is 66.1 Å². The van der Waals surface area contributed by atoms with Gasteiger partial charge in [-0.3, -0.25) is 9.36 Å². The first-order chi connectivity index (χ1) is 14.0. The lowest BCUT2D eigenvalue weighted by molar-refractivity contribution is 0.104. The molecule has 1 fully saturated rings. The normalized spacial score (nSPS) is 16.3. The van der Waals surface area contributed by atoms with Gasteiger partial charge in [0.05, 0.1) is 13.1 Å². The average Bonchev–Trinajstić information content (AvgIpc) is 3.25. The molecule has 3 aromatic rings. The molecule has 0 radical (unpaired) electrons. The fourth-order valence-electron chi connectivity index (χ4n) is 3.35. The lowest BCUT2D eigenvalue weighted by Crippen LogP contribution is -2.44. The van der Waals surface area contributed by atoms with E-state index in [0.29, 0.717) is 23.1 Å². The smallest absolute Gasteiger partial charge is 0.348 e. The molecule has 2 aromatic carbocycles. The van der Waals surface area contributed by atoms with Crippen LogP contribution in [0.1, 0.15) is 35.8 Å². The maximum atomic E-state index is 13.1. The summed E-state index contributed by atoms with van der Waals surface area (Å²) in [6, 6.07) is 14.2. The minimum absolute atomic E-state index is 0.137.